The van der Waals surface area contributed by atoms with Crippen molar-refractivity contribution in [3.8, 4) is 5.75 Å². The molecule has 0 aliphatic carbocycles. The van der Waals surface area contributed by atoms with Gasteiger partial charge in [-0.25, -0.2) is 0 Å². The molecule has 0 saturated heterocycles. The van der Waals surface area contributed by atoms with Gasteiger partial charge in [0.25, 0.3) is 10.5 Å². The van der Waals surface area contributed by atoms with Gasteiger partial charge < -0.3 is 9.64 Å². The maximum absolute atomic E-state index is 5.68. The number of rotatable bonds is 9. The van der Waals surface area contributed by atoms with Crippen molar-refractivity contribution in [1.82, 2.24) is 0 Å². The van der Waals surface area contributed by atoms with Crippen LogP contribution in [0, 0.1) is 0 Å². The molecule has 5 heteroatoms. The zero-order valence-electron chi connectivity index (χ0n) is 17.7. The monoisotopic (exact) mass is 521 g/mol. The van der Waals surface area contributed by atoms with Crippen molar-refractivity contribution >= 4 is 62.0 Å². The largest absolute Gasteiger partial charge is 0.490 e. The average Bonchev–Trinajstić information content (AvgIpc) is 3.10. The molecule has 1 atom stereocenters. The highest BCUT2D eigenvalue weighted by atomic mass is 127. The topological polar surface area (TPSA) is 16.4 Å². The van der Waals surface area contributed by atoms with E-state index < -0.39 is 0 Å². The standard InChI is InChI=1S/C24H30IN2OS/c1-5-19(25)8-7-17-27-23(29-22-10-6-9-21(28-4)24(22)27)16-13-18-11-14-20(15-12-18)26(2)3/h6,9-16,19H,5,7-8,17H2,1-4H3/q+1. The molecule has 3 aromatic rings. The minimum Gasteiger partial charge on any atom is -0.490 e. The van der Waals surface area contributed by atoms with Gasteiger partial charge in [0.05, 0.1) is 7.11 Å². The first-order valence-electron chi connectivity index (χ1n) is 10.1. The zero-order valence-corrected chi connectivity index (χ0v) is 20.7. The van der Waals surface area contributed by atoms with E-state index in [1.165, 1.54) is 45.7 Å². The number of para-hydroxylation sites is 1. The van der Waals surface area contributed by atoms with Crippen molar-refractivity contribution in [3.05, 3.63) is 53.0 Å². The van der Waals surface area contributed by atoms with Crippen LogP contribution in [0.5, 0.6) is 5.75 Å². The second-order valence-corrected chi connectivity index (χ2v) is 10.2. The number of fused-ring (bicyclic) bond motifs is 1. The lowest BCUT2D eigenvalue weighted by Gasteiger charge is -2.11. The second-order valence-electron chi connectivity index (χ2n) is 7.37. The Morgan fingerprint density at radius 2 is 1.90 bits per heavy atom. The van der Waals surface area contributed by atoms with Crippen molar-refractivity contribution < 1.29 is 9.30 Å². The van der Waals surface area contributed by atoms with Crippen LogP contribution in [0.4, 0.5) is 5.69 Å². The molecule has 0 radical (unpaired) electrons. The number of anilines is 1. The Bertz CT molecular complexity index is 963. The smallest absolute Gasteiger partial charge is 0.266 e. The van der Waals surface area contributed by atoms with Gasteiger partial charge in [-0.05, 0) is 48.7 Å². The molecule has 3 rings (SSSR count). The number of hydrogen-bond acceptors (Lipinski definition) is 3. The van der Waals surface area contributed by atoms with Crippen LogP contribution in [0.25, 0.3) is 22.4 Å². The van der Waals surface area contributed by atoms with E-state index in [9.17, 15) is 0 Å². The first-order valence-corrected chi connectivity index (χ1v) is 12.2. The lowest BCUT2D eigenvalue weighted by atomic mass is 10.2. The van der Waals surface area contributed by atoms with Crippen LogP contribution in [0.15, 0.2) is 42.5 Å². The summed E-state index contributed by atoms with van der Waals surface area (Å²) < 4.78 is 10.1. The Balaban J connectivity index is 1.92. The summed E-state index contributed by atoms with van der Waals surface area (Å²) in [5.74, 6) is 0.954. The van der Waals surface area contributed by atoms with Crippen LogP contribution >= 0.6 is 33.9 Å². The predicted molar refractivity (Wildman–Crippen MR) is 136 cm³/mol. The molecule has 0 bridgehead atoms. The molecule has 29 heavy (non-hydrogen) atoms. The second kappa shape index (κ2) is 10.4. The number of aromatic nitrogens is 1. The lowest BCUT2D eigenvalue weighted by Crippen LogP contribution is -2.35. The SMILES string of the molecule is CCC(I)CCC[n+]1c(/C=C/c2ccc(N(C)C)cc2)sc2cccc(OC)c21. The van der Waals surface area contributed by atoms with E-state index >= 15 is 0 Å². The summed E-state index contributed by atoms with van der Waals surface area (Å²) in [6, 6.07) is 15.0. The van der Waals surface area contributed by atoms with Crippen LogP contribution in [0.2, 0.25) is 0 Å². The molecule has 0 aliphatic heterocycles. The Labute approximate surface area is 192 Å². The number of halogens is 1. The van der Waals surface area contributed by atoms with Gasteiger partial charge in [0, 0.05) is 36.2 Å². The molecule has 0 fully saturated rings. The highest BCUT2D eigenvalue weighted by Crippen LogP contribution is 2.29. The third-order valence-electron chi connectivity index (χ3n) is 5.10. The van der Waals surface area contributed by atoms with E-state index in [-0.39, 0.29) is 0 Å². The number of methoxy groups -OCH3 is 1. The summed E-state index contributed by atoms with van der Waals surface area (Å²) in [6.07, 6.45) is 8.10. The van der Waals surface area contributed by atoms with E-state index in [4.69, 9.17) is 4.74 Å². The zero-order chi connectivity index (χ0) is 20.8. The fourth-order valence-corrected chi connectivity index (χ4v) is 4.91. The Morgan fingerprint density at radius 1 is 1.14 bits per heavy atom. The molecular weight excluding hydrogens is 491 g/mol. The van der Waals surface area contributed by atoms with Gasteiger partial charge in [-0.1, -0.05) is 59.1 Å². The number of thiazole rings is 1. The number of nitrogens with zero attached hydrogens (tertiary/aromatic N) is 2. The highest BCUT2D eigenvalue weighted by molar-refractivity contribution is 14.1. The molecule has 0 saturated carbocycles. The van der Waals surface area contributed by atoms with E-state index in [0.29, 0.717) is 0 Å². The fraction of sp³-hybridized carbons (Fsp3) is 0.375. The first-order chi connectivity index (χ1) is 14.0. The number of aryl methyl sites for hydroxylation is 1. The van der Waals surface area contributed by atoms with Gasteiger partial charge in [0.1, 0.15) is 4.70 Å². The molecule has 0 amide bonds. The van der Waals surface area contributed by atoms with Crippen molar-refractivity contribution in [2.75, 3.05) is 26.1 Å². The minimum atomic E-state index is 0.745. The number of alkyl halides is 1. The summed E-state index contributed by atoms with van der Waals surface area (Å²) in [5, 5.41) is 1.27. The highest BCUT2D eigenvalue weighted by Gasteiger charge is 2.22. The molecule has 0 N–H and O–H groups in total. The maximum Gasteiger partial charge on any atom is 0.266 e. The number of benzene rings is 2. The number of ether oxygens (including phenoxy) is 1. The van der Waals surface area contributed by atoms with Gasteiger partial charge in [-0.3, -0.25) is 0 Å². The van der Waals surface area contributed by atoms with Gasteiger partial charge in [0.2, 0.25) is 0 Å². The van der Waals surface area contributed by atoms with Crippen molar-refractivity contribution in [2.45, 2.75) is 36.7 Å². The molecule has 1 aromatic heterocycles. The summed E-state index contributed by atoms with van der Waals surface area (Å²) >= 11 is 4.40. The van der Waals surface area contributed by atoms with Crippen LogP contribution in [-0.2, 0) is 6.54 Å². The molecule has 3 nitrogen and oxygen atoms in total. The summed E-state index contributed by atoms with van der Waals surface area (Å²) in [7, 11) is 5.89. The molecule has 1 unspecified atom stereocenters. The van der Waals surface area contributed by atoms with E-state index in [0.717, 1.165) is 16.2 Å². The van der Waals surface area contributed by atoms with Gasteiger partial charge in [-0.2, -0.15) is 4.57 Å². The van der Waals surface area contributed by atoms with Crippen LogP contribution in [0.3, 0.4) is 0 Å². The predicted octanol–water partition coefficient (Wildman–Crippen LogP) is 6.43. The third-order valence-corrected chi connectivity index (χ3v) is 7.72. The molecule has 0 spiro atoms. The van der Waals surface area contributed by atoms with Crippen molar-refractivity contribution in [1.29, 1.82) is 0 Å². The van der Waals surface area contributed by atoms with Gasteiger partial charge >= 0.3 is 0 Å². The van der Waals surface area contributed by atoms with Gasteiger partial charge in [-0.15, -0.1) is 0 Å². The summed E-state index contributed by atoms with van der Waals surface area (Å²) in [4.78, 5) is 2.12. The van der Waals surface area contributed by atoms with E-state index in [2.05, 4.69) is 108 Å². The van der Waals surface area contributed by atoms with Gasteiger partial charge in [0.15, 0.2) is 12.3 Å². The fourth-order valence-electron chi connectivity index (χ4n) is 3.37. The third kappa shape index (κ3) is 5.51. The molecule has 2 aromatic carbocycles. The molecule has 1 heterocycles. The summed E-state index contributed by atoms with van der Waals surface area (Å²) in [5.41, 5.74) is 3.64. The Kier molecular flexibility index (Phi) is 7.95. The van der Waals surface area contributed by atoms with Crippen LogP contribution < -0.4 is 14.2 Å². The average molecular weight is 521 g/mol. The van der Waals surface area contributed by atoms with E-state index in [1.807, 2.05) is 11.3 Å². The van der Waals surface area contributed by atoms with Crippen molar-refractivity contribution in [3.63, 3.8) is 0 Å². The van der Waals surface area contributed by atoms with Crippen LogP contribution in [-0.4, -0.2) is 25.1 Å². The Morgan fingerprint density at radius 3 is 2.55 bits per heavy atom. The molecule has 0 aliphatic rings. The summed E-state index contributed by atoms with van der Waals surface area (Å²) in [6.45, 7) is 3.28. The first kappa shape index (κ1) is 22.1. The Hall–Kier alpha value is -1.60. The normalized spacial score (nSPS) is 12.6. The molecule has 154 valence electrons. The van der Waals surface area contributed by atoms with Crippen LogP contribution in [0.1, 0.15) is 36.8 Å². The van der Waals surface area contributed by atoms with Crippen molar-refractivity contribution in [2.24, 2.45) is 0 Å². The minimum absolute atomic E-state index is 0.745. The molecular formula is C24H30IN2OS+. The lowest BCUT2D eigenvalue weighted by molar-refractivity contribution is -0.669. The quantitative estimate of drug-likeness (QED) is 0.183. The number of hydrogen-bond donors (Lipinski definition) is 0. The van der Waals surface area contributed by atoms with E-state index in [1.54, 1.807) is 7.11 Å². The maximum atomic E-state index is 5.68.